The maximum Gasteiger partial charge on any atom is 0.191 e. The van der Waals surface area contributed by atoms with Gasteiger partial charge in [-0.25, -0.2) is 4.99 Å². The smallest absolute Gasteiger partial charge is 0.191 e. The van der Waals surface area contributed by atoms with Gasteiger partial charge in [-0.15, -0.1) is 34.2 Å². The first-order valence-electron chi connectivity index (χ1n) is 11.8. The van der Waals surface area contributed by atoms with Crippen LogP contribution in [0.25, 0.3) is 0 Å². The third kappa shape index (κ3) is 6.21. The van der Waals surface area contributed by atoms with Crippen LogP contribution in [0.3, 0.4) is 0 Å². The highest BCUT2D eigenvalue weighted by molar-refractivity contribution is 14.0. The molecular formula is C24H38IN7. The van der Waals surface area contributed by atoms with Crippen molar-refractivity contribution in [3.8, 4) is 0 Å². The molecule has 0 saturated carbocycles. The van der Waals surface area contributed by atoms with Crippen molar-refractivity contribution in [2.24, 2.45) is 12.0 Å². The molecule has 176 valence electrons. The van der Waals surface area contributed by atoms with Gasteiger partial charge in [-0.3, -0.25) is 4.90 Å². The first kappa shape index (κ1) is 25.0. The summed E-state index contributed by atoms with van der Waals surface area (Å²) in [7, 11) is 2.00. The zero-order chi connectivity index (χ0) is 21.6. The fourth-order valence-corrected chi connectivity index (χ4v) is 4.91. The van der Waals surface area contributed by atoms with Gasteiger partial charge in [-0.1, -0.05) is 43.7 Å². The Hall–Kier alpha value is -1.68. The van der Waals surface area contributed by atoms with Crippen molar-refractivity contribution in [2.75, 3.05) is 6.54 Å². The first-order valence-corrected chi connectivity index (χ1v) is 11.8. The van der Waals surface area contributed by atoms with Gasteiger partial charge in [-0.05, 0) is 44.6 Å². The number of hydrogen-bond acceptors (Lipinski definition) is 4. The molecule has 2 aliphatic heterocycles. The monoisotopic (exact) mass is 551 g/mol. The molecule has 2 saturated heterocycles. The van der Waals surface area contributed by atoms with Crippen LogP contribution in [0.4, 0.5) is 0 Å². The van der Waals surface area contributed by atoms with Crippen LogP contribution in [-0.2, 0) is 20.1 Å². The Morgan fingerprint density at radius 3 is 2.47 bits per heavy atom. The molecule has 2 bridgehead atoms. The highest BCUT2D eigenvalue weighted by atomic mass is 127. The summed E-state index contributed by atoms with van der Waals surface area (Å²) < 4.78 is 2.01. The van der Waals surface area contributed by atoms with Crippen molar-refractivity contribution in [1.29, 1.82) is 0 Å². The van der Waals surface area contributed by atoms with E-state index < -0.39 is 0 Å². The minimum absolute atomic E-state index is 0. The Kier molecular flexibility index (Phi) is 9.34. The van der Waals surface area contributed by atoms with E-state index in [0.717, 1.165) is 37.1 Å². The lowest BCUT2D eigenvalue weighted by molar-refractivity contribution is 0.114. The van der Waals surface area contributed by atoms with Crippen LogP contribution in [0.5, 0.6) is 0 Å². The second kappa shape index (κ2) is 12.0. The van der Waals surface area contributed by atoms with Crippen molar-refractivity contribution in [3.63, 3.8) is 0 Å². The van der Waals surface area contributed by atoms with Crippen LogP contribution in [0.15, 0.2) is 35.3 Å². The first-order chi connectivity index (χ1) is 15.1. The number of halogens is 1. The van der Waals surface area contributed by atoms with E-state index in [9.17, 15) is 0 Å². The summed E-state index contributed by atoms with van der Waals surface area (Å²) in [6.07, 6.45) is 7.30. The van der Waals surface area contributed by atoms with Gasteiger partial charge in [-0.2, -0.15) is 0 Å². The minimum Gasteiger partial charge on any atom is -0.356 e. The third-order valence-electron chi connectivity index (χ3n) is 6.82. The van der Waals surface area contributed by atoms with Gasteiger partial charge in [0.25, 0.3) is 0 Å². The predicted molar refractivity (Wildman–Crippen MR) is 140 cm³/mol. The number of nitrogens with zero attached hydrogens (tertiary/aromatic N) is 5. The van der Waals surface area contributed by atoms with Crippen molar-refractivity contribution in [3.05, 3.63) is 47.5 Å². The SMILES string of the molecule is CCCCNC(=NCc1nnc(C)n1C)NC1CC2CCC(C1)N2Cc1ccccc1.I. The second-order valence-electron chi connectivity index (χ2n) is 9.02. The molecule has 0 aliphatic carbocycles. The summed E-state index contributed by atoms with van der Waals surface area (Å²) in [6.45, 7) is 6.74. The van der Waals surface area contributed by atoms with Gasteiger partial charge < -0.3 is 15.2 Å². The Morgan fingerprint density at radius 1 is 1.12 bits per heavy atom. The molecule has 32 heavy (non-hydrogen) atoms. The minimum atomic E-state index is 0. The summed E-state index contributed by atoms with van der Waals surface area (Å²) in [5.41, 5.74) is 1.42. The largest absolute Gasteiger partial charge is 0.356 e. The molecule has 2 aliphatic rings. The van der Waals surface area contributed by atoms with Crippen molar-refractivity contribution in [1.82, 2.24) is 30.3 Å². The molecule has 0 amide bonds. The molecule has 1 aromatic heterocycles. The maximum atomic E-state index is 4.85. The molecular weight excluding hydrogens is 513 g/mol. The Balaban J connectivity index is 0.00000289. The number of rotatable bonds is 8. The Labute approximate surface area is 209 Å². The summed E-state index contributed by atoms with van der Waals surface area (Å²) in [4.78, 5) is 7.58. The zero-order valence-corrected chi connectivity index (χ0v) is 22.0. The fourth-order valence-electron chi connectivity index (χ4n) is 4.91. The van der Waals surface area contributed by atoms with E-state index in [-0.39, 0.29) is 24.0 Å². The number of aryl methyl sites for hydroxylation is 1. The van der Waals surface area contributed by atoms with Gasteiger partial charge in [0.2, 0.25) is 0 Å². The molecule has 3 heterocycles. The number of piperidine rings is 1. The molecule has 2 fully saturated rings. The summed E-state index contributed by atoms with van der Waals surface area (Å²) in [5.74, 6) is 2.72. The molecule has 2 aromatic rings. The fraction of sp³-hybridized carbons (Fsp3) is 0.625. The van der Waals surface area contributed by atoms with Gasteiger partial charge in [0.05, 0.1) is 0 Å². The molecule has 8 heteroatoms. The highest BCUT2D eigenvalue weighted by Crippen LogP contribution is 2.36. The van der Waals surface area contributed by atoms with Crippen LogP contribution in [-0.4, -0.2) is 50.3 Å². The molecule has 1 aromatic carbocycles. The molecule has 0 spiro atoms. The number of nitrogens with one attached hydrogen (secondary N) is 2. The average molecular weight is 552 g/mol. The normalized spacial score (nSPS) is 23.1. The number of aromatic nitrogens is 3. The van der Waals surface area contributed by atoms with Crippen LogP contribution < -0.4 is 10.6 Å². The van der Waals surface area contributed by atoms with Gasteiger partial charge in [0.15, 0.2) is 11.8 Å². The lowest BCUT2D eigenvalue weighted by Gasteiger charge is -2.39. The lowest BCUT2D eigenvalue weighted by Crippen LogP contribution is -2.52. The quantitative estimate of drug-likeness (QED) is 0.226. The Morgan fingerprint density at radius 2 is 1.84 bits per heavy atom. The molecule has 7 nitrogen and oxygen atoms in total. The molecule has 4 rings (SSSR count). The van der Waals surface area contributed by atoms with E-state index >= 15 is 0 Å². The number of aliphatic imine (C=N–C) groups is 1. The lowest BCUT2D eigenvalue weighted by atomic mass is 9.96. The van der Waals surface area contributed by atoms with Gasteiger partial charge in [0, 0.05) is 38.3 Å². The predicted octanol–water partition coefficient (Wildman–Crippen LogP) is 3.77. The summed E-state index contributed by atoms with van der Waals surface area (Å²) >= 11 is 0. The van der Waals surface area contributed by atoms with Gasteiger partial charge in [0.1, 0.15) is 12.4 Å². The molecule has 2 N–H and O–H groups in total. The van der Waals surface area contributed by atoms with E-state index in [2.05, 4.69) is 63.0 Å². The maximum absolute atomic E-state index is 4.85. The summed E-state index contributed by atoms with van der Waals surface area (Å²) in [6, 6.07) is 12.7. The van der Waals surface area contributed by atoms with E-state index in [1.165, 1.54) is 37.7 Å². The van der Waals surface area contributed by atoms with Crippen LogP contribution >= 0.6 is 24.0 Å². The van der Waals surface area contributed by atoms with E-state index in [1.54, 1.807) is 0 Å². The number of unbranched alkanes of at least 4 members (excludes halogenated alkanes) is 1. The average Bonchev–Trinajstić information content (AvgIpc) is 3.21. The Bertz CT molecular complexity index is 852. The third-order valence-corrected chi connectivity index (χ3v) is 6.82. The van der Waals surface area contributed by atoms with E-state index in [0.29, 0.717) is 24.7 Å². The highest BCUT2D eigenvalue weighted by Gasteiger charge is 2.40. The van der Waals surface area contributed by atoms with Crippen LogP contribution in [0, 0.1) is 6.92 Å². The topological polar surface area (TPSA) is 70.4 Å². The van der Waals surface area contributed by atoms with Crippen molar-refractivity contribution < 1.29 is 0 Å². The standard InChI is InChI=1S/C24H37N7.HI/c1-4-5-13-25-24(26-16-23-29-28-18(2)30(23)3)27-20-14-21-11-12-22(15-20)31(21)17-19-9-7-6-8-10-19;/h6-10,20-22H,4-5,11-17H2,1-3H3,(H2,25,26,27);1H. The number of hydrogen-bond donors (Lipinski definition) is 2. The van der Waals surface area contributed by atoms with E-state index in [1.807, 2.05) is 18.5 Å². The second-order valence-corrected chi connectivity index (χ2v) is 9.02. The summed E-state index contributed by atoms with van der Waals surface area (Å²) in [5, 5.41) is 15.7. The van der Waals surface area contributed by atoms with Crippen LogP contribution in [0.2, 0.25) is 0 Å². The van der Waals surface area contributed by atoms with Crippen molar-refractivity contribution >= 4 is 29.9 Å². The van der Waals surface area contributed by atoms with E-state index in [4.69, 9.17) is 4.99 Å². The van der Waals surface area contributed by atoms with Crippen molar-refractivity contribution in [2.45, 2.75) is 83.6 Å². The molecule has 0 radical (unpaired) electrons. The van der Waals surface area contributed by atoms with Gasteiger partial charge >= 0.3 is 0 Å². The van der Waals surface area contributed by atoms with Crippen LogP contribution in [0.1, 0.15) is 62.7 Å². The zero-order valence-electron chi connectivity index (χ0n) is 19.6. The number of benzene rings is 1. The molecule has 2 atom stereocenters. The number of guanidine groups is 1. The number of fused-ring (bicyclic) bond motifs is 2. The molecule has 2 unspecified atom stereocenters.